The molecular formula is C14H10ClF2N3O. The lowest BCUT2D eigenvalue weighted by Gasteiger charge is -2.34. The van der Waals surface area contributed by atoms with E-state index < -0.39 is 23.0 Å². The lowest BCUT2D eigenvalue weighted by Crippen LogP contribution is -2.47. The molecule has 1 heterocycles. The zero-order chi connectivity index (χ0) is 15.2. The van der Waals surface area contributed by atoms with Crippen LogP contribution in [0.1, 0.15) is 16.7 Å². The molecule has 0 saturated carbocycles. The molecule has 0 saturated heterocycles. The van der Waals surface area contributed by atoms with E-state index in [4.69, 9.17) is 17.4 Å². The van der Waals surface area contributed by atoms with Gasteiger partial charge in [-0.1, -0.05) is 28.8 Å². The molecule has 0 aliphatic carbocycles. The van der Waals surface area contributed by atoms with E-state index in [0.29, 0.717) is 10.6 Å². The number of benzene rings is 2. The average molecular weight is 310 g/mol. The van der Waals surface area contributed by atoms with Crippen molar-refractivity contribution in [2.45, 2.75) is 6.54 Å². The number of fused-ring (bicyclic) bond motifs is 1. The van der Waals surface area contributed by atoms with Crippen LogP contribution in [-0.4, -0.2) is 10.6 Å². The fraction of sp³-hybridized carbons (Fsp3) is 0.0714. The van der Waals surface area contributed by atoms with Gasteiger partial charge in [-0.25, -0.2) is 8.78 Å². The lowest BCUT2D eigenvalue weighted by molar-refractivity contribution is -0.913. The smallest absolute Gasteiger partial charge is 0.151 e. The van der Waals surface area contributed by atoms with E-state index in [1.54, 1.807) is 24.3 Å². The highest BCUT2D eigenvalue weighted by atomic mass is 35.5. The number of quaternary nitrogens is 1. The number of nitrogens with two attached hydrogens (primary N) is 1. The summed E-state index contributed by atoms with van der Waals surface area (Å²) < 4.78 is 28.0. The number of hydrogen-bond donors (Lipinski definition) is 1. The van der Waals surface area contributed by atoms with Crippen LogP contribution in [-0.2, 0) is 6.54 Å². The van der Waals surface area contributed by atoms with E-state index >= 15 is 0 Å². The molecule has 0 fully saturated rings. The highest BCUT2D eigenvalue weighted by molar-refractivity contribution is 6.30. The van der Waals surface area contributed by atoms with Gasteiger partial charge in [0.25, 0.3) is 0 Å². The minimum atomic E-state index is -1.54. The van der Waals surface area contributed by atoms with Crippen molar-refractivity contribution >= 4 is 17.3 Å². The Hall–Kier alpha value is -1.86. The Morgan fingerprint density at radius 3 is 2.38 bits per heavy atom. The quantitative estimate of drug-likeness (QED) is 0.500. The Balaban J connectivity index is 2.26. The first-order chi connectivity index (χ1) is 9.87. The summed E-state index contributed by atoms with van der Waals surface area (Å²) >= 11 is 5.80. The van der Waals surface area contributed by atoms with Gasteiger partial charge in [0, 0.05) is 10.6 Å². The molecule has 108 valence electrons. The minimum Gasteiger partial charge on any atom is -0.584 e. The minimum absolute atomic E-state index is 0.0161. The largest absolute Gasteiger partial charge is 0.584 e. The van der Waals surface area contributed by atoms with Crippen molar-refractivity contribution in [2.24, 2.45) is 10.9 Å². The Bertz CT molecular complexity index is 745. The fourth-order valence-corrected chi connectivity index (χ4v) is 2.42. The SMILES string of the molecule is N[N+]1([O-])Cc2c(F)ccc(F)c2C(c2ccc(Cl)cc2)=N1. The predicted molar refractivity (Wildman–Crippen MR) is 75.0 cm³/mol. The van der Waals surface area contributed by atoms with Crippen molar-refractivity contribution in [2.75, 3.05) is 0 Å². The fourth-order valence-electron chi connectivity index (χ4n) is 2.30. The molecule has 21 heavy (non-hydrogen) atoms. The monoisotopic (exact) mass is 309 g/mol. The number of nitrogens with zero attached hydrogens (tertiary/aromatic N) is 2. The summed E-state index contributed by atoms with van der Waals surface area (Å²) in [5.74, 6) is 4.11. The van der Waals surface area contributed by atoms with Gasteiger partial charge in [0.05, 0.1) is 11.1 Å². The summed E-state index contributed by atoms with van der Waals surface area (Å²) in [5.41, 5.74) is 0.343. The van der Waals surface area contributed by atoms with E-state index in [-0.39, 0.29) is 16.8 Å². The molecule has 0 aromatic heterocycles. The molecule has 0 radical (unpaired) electrons. The second-order valence-electron chi connectivity index (χ2n) is 4.75. The first kappa shape index (κ1) is 14.1. The van der Waals surface area contributed by atoms with Crippen LogP contribution in [0, 0.1) is 16.8 Å². The number of rotatable bonds is 1. The summed E-state index contributed by atoms with van der Waals surface area (Å²) in [6.45, 7) is -0.462. The Morgan fingerprint density at radius 1 is 1.10 bits per heavy atom. The zero-order valence-electron chi connectivity index (χ0n) is 10.7. The third-order valence-electron chi connectivity index (χ3n) is 3.21. The van der Waals surface area contributed by atoms with Crippen LogP contribution >= 0.6 is 11.6 Å². The number of hydrogen-bond acceptors (Lipinski definition) is 3. The first-order valence-electron chi connectivity index (χ1n) is 6.08. The first-order valence-corrected chi connectivity index (χ1v) is 6.46. The Kier molecular flexibility index (Phi) is 3.26. The summed E-state index contributed by atoms with van der Waals surface area (Å²) in [4.78, 5) is -1.54. The molecule has 2 aromatic carbocycles. The summed E-state index contributed by atoms with van der Waals surface area (Å²) in [5, 5.41) is 16.3. The zero-order valence-corrected chi connectivity index (χ0v) is 11.4. The summed E-state index contributed by atoms with van der Waals surface area (Å²) in [6.07, 6.45) is 0. The van der Waals surface area contributed by atoms with Gasteiger partial charge in [-0.2, -0.15) is 10.7 Å². The molecule has 0 amide bonds. The molecule has 0 bridgehead atoms. The molecule has 0 spiro atoms. The highest BCUT2D eigenvalue weighted by Gasteiger charge is 2.31. The molecule has 1 aliphatic rings. The number of halogens is 3. The third kappa shape index (κ3) is 2.54. The van der Waals surface area contributed by atoms with Gasteiger partial charge in [0.15, 0.2) is 6.54 Å². The van der Waals surface area contributed by atoms with E-state index in [2.05, 4.69) is 5.10 Å². The highest BCUT2D eigenvalue weighted by Crippen LogP contribution is 2.29. The van der Waals surface area contributed by atoms with Gasteiger partial charge in [0.2, 0.25) is 0 Å². The second kappa shape index (κ2) is 4.85. The van der Waals surface area contributed by atoms with Crippen molar-refractivity contribution in [3.8, 4) is 0 Å². The molecule has 7 heteroatoms. The van der Waals surface area contributed by atoms with Gasteiger partial charge in [0.1, 0.15) is 17.3 Å². The van der Waals surface area contributed by atoms with Gasteiger partial charge in [-0.3, -0.25) is 0 Å². The topological polar surface area (TPSA) is 61.4 Å². The molecule has 2 N–H and O–H groups in total. The second-order valence-corrected chi connectivity index (χ2v) is 5.19. The lowest BCUT2D eigenvalue weighted by atomic mass is 9.95. The van der Waals surface area contributed by atoms with Crippen molar-refractivity contribution in [3.63, 3.8) is 0 Å². The third-order valence-corrected chi connectivity index (χ3v) is 3.47. The molecule has 3 rings (SSSR count). The Morgan fingerprint density at radius 2 is 1.71 bits per heavy atom. The van der Waals surface area contributed by atoms with Crippen molar-refractivity contribution in [3.05, 3.63) is 75.0 Å². The molecular weight excluding hydrogens is 300 g/mol. The van der Waals surface area contributed by atoms with Crippen LogP contribution in [0.4, 0.5) is 8.78 Å². The van der Waals surface area contributed by atoms with E-state index in [1.807, 2.05) is 0 Å². The predicted octanol–water partition coefficient (Wildman–Crippen LogP) is 3.07. The molecule has 1 unspecified atom stereocenters. The van der Waals surface area contributed by atoms with E-state index in [0.717, 1.165) is 12.1 Å². The van der Waals surface area contributed by atoms with Crippen molar-refractivity contribution < 1.29 is 13.6 Å². The van der Waals surface area contributed by atoms with Crippen LogP contribution in [0.3, 0.4) is 0 Å². The molecule has 1 atom stereocenters. The maximum absolute atomic E-state index is 14.1. The van der Waals surface area contributed by atoms with Crippen LogP contribution in [0.2, 0.25) is 5.02 Å². The van der Waals surface area contributed by atoms with Crippen molar-refractivity contribution in [1.82, 2.24) is 0 Å². The van der Waals surface area contributed by atoms with Crippen LogP contribution in [0.25, 0.3) is 0 Å². The molecule has 2 aromatic rings. The molecule has 1 aliphatic heterocycles. The number of hydroxylamine groups is 1. The van der Waals surface area contributed by atoms with E-state index in [1.165, 1.54) is 0 Å². The standard InChI is InChI=1S/C14H10ClF2N3O/c15-9-3-1-8(2-4-9)14-13-10(7-20(18,21)19-14)11(16)5-6-12(13)17/h1-6H,7,18H2. The van der Waals surface area contributed by atoms with E-state index in [9.17, 15) is 14.0 Å². The van der Waals surface area contributed by atoms with Crippen LogP contribution in [0.5, 0.6) is 0 Å². The average Bonchev–Trinajstić information content (AvgIpc) is 2.42. The van der Waals surface area contributed by atoms with Gasteiger partial charge in [-0.05, 0) is 24.3 Å². The maximum Gasteiger partial charge on any atom is 0.151 e. The maximum atomic E-state index is 14.1. The van der Waals surface area contributed by atoms with Gasteiger partial charge >= 0.3 is 0 Å². The Labute approximate surface area is 124 Å². The summed E-state index contributed by atoms with van der Waals surface area (Å²) in [6, 6.07) is 8.25. The van der Waals surface area contributed by atoms with Crippen LogP contribution in [0.15, 0.2) is 41.5 Å². The van der Waals surface area contributed by atoms with Crippen molar-refractivity contribution in [1.29, 1.82) is 0 Å². The van der Waals surface area contributed by atoms with Gasteiger partial charge < -0.3 is 5.21 Å². The summed E-state index contributed by atoms with van der Waals surface area (Å²) in [7, 11) is 0. The van der Waals surface area contributed by atoms with Gasteiger partial charge in [-0.15, -0.1) is 0 Å². The van der Waals surface area contributed by atoms with Crippen LogP contribution < -0.4 is 5.84 Å². The molecule has 4 nitrogen and oxygen atoms in total. The normalized spacial score (nSPS) is 20.9.